The van der Waals surface area contributed by atoms with E-state index in [9.17, 15) is 0 Å². The van der Waals surface area contributed by atoms with Crippen LogP contribution in [0.4, 0.5) is 0 Å². The maximum Gasteiger partial charge on any atom is 0.213 e. The summed E-state index contributed by atoms with van der Waals surface area (Å²) in [5.74, 6) is 2.16. The minimum Gasteiger partial charge on any atom is -0.490 e. The Morgan fingerprint density at radius 2 is 1.94 bits per heavy atom. The summed E-state index contributed by atoms with van der Waals surface area (Å²) in [7, 11) is 1.76. The molecule has 1 fully saturated rings. The van der Waals surface area contributed by atoms with Gasteiger partial charge in [0.05, 0.1) is 12.7 Å². The fraction of sp³-hybridized carbons (Fsp3) is 0.478. The maximum atomic E-state index is 5.76. The van der Waals surface area contributed by atoms with Crippen LogP contribution < -0.4 is 20.1 Å². The molecule has 1 saturated heterocycles. The minimum atomic E-state index is 0. The molecule has 1 aromatic carbocycles. The predicted octanol–water partition coefficient (Wildman–Crippen LogP) is 3.02. The number of nitrogens with zero attached hydrogens (tertiary/aromatic N) is 2. The Morgan fingerprint density at radius 1 is 1.09 bits per heavy atom. The van der Waals surface area contributed by atoms with Crippen molar-refractivity contribution < 1.29 is 18.9 Å². The number of aliphatic imine (C=N–C) groups is 1. The molecule has 0 bridgehead atoms. The number of para-hydroxylation sites is 1. The predicted molar refractivity (Wildman–Crippen MR) is 135 cm³/mol. The normalized spacial score (nSPS) is 15.7. The first kappa shape index (κ1) is 26.1. The molecular weight excluding hydrogens is 523 g/mol. The summed E-state index contributed by atoms with van der Waals surface area (Å²) in [6, 6.07) is 13.5. The van der Waals surface area contributed by atoms with Gasteiger partial charge in [-0.05, 0) is 30.5 Å². The van der Waals surface area contributed by atoms with Crippen LogP contribution in [0.1, 0.15) is 18.4 Å². The average molecular weight is 556 g/mol. The second-order valence-corrected chi connectivity index (χ2v) is 7.08. The third-order valence-corrected chi connectivity index (χ3v) is 4.68. The van der Waals surface area contributed by atoms with Crippen LogP contribution in [0.15, 0.2) is 53.7 Å². The van der Waals surface area contributed by atoms with Crippen molar-refractivity contribution in [2.45, 2.75) is 25.5 Å². The molecule has 1 aliphatic rings. The number of aromatic nitrogens is 1. The molecule has 1 atom stereocenters. The summed E-state index contributed by atoms with van der Waals surface area (Å²) in [4.78, 5) is 8.59. The van der Waals surface area contributed by atoms with Crippen molar-refractivity contribution >= 4 is 29.9 Å². The van der Waals surface area contributed by atoms with Crippen molar-refractivity contribution in [2.24, 2.45) is 4.99 Å². The largest absolute Gasteiger partial charge is 0.490 e. The number of pyridine rings is 1. The zero-order chi connectivity index (χ0) is 21.6. The Kier molecular flexibility index (Phi) is 12.8. The van der Waals surface area contributed by atoms with Crippen molar-refractivity contribution in [3.05, 3.63) is 54.2 Å². The molecule has 2 aromatic rings. The van der Waals surface area contributed by atoms with Gasteiger partial charge >= 0.3 is 0 Å². The molecule has 3 rings (SSSR count). The molecule has 176 valence electrons. The van der Waals surface area contributed by atoms with Gasteiger partial charge in [0.15, 0.2) is 5.96 Å². The highest BCUT2D eigenvalue weighted by Crippen LogP contribution is 2.10. The third-order valence-electron chi connectivity index (χ3n) is 4.68. The summed E-state index contributed by atoms with van der Waals surface area (Å²) in [5.41, 5.74) is 1.04. The number of hydrogen-bond donors (Lipinski definition) is 2. The van der Waals surface area contributed by atoms with E-state index in [0.29, 0.717) is 25.6 Å². The number of guanidine groups is 1. The zero-order valence-electron chi connectivity index (χ0n) is 18.5. The number of nitrogens with one attached hydrogen (secondary N) is 2. The Balaban J connectivity index is 0.00000363. The summed E-state index contributed by atoms with van der Waals surface area (Å²) >= 11 is 0. The van der Waals surface area contributed by atoms with Gasteiger partial charge in [0.1, 0.15) is 19.0 Å². The average Bonchev–Trinajstić information content (AvgIpc) is 3.34. The summed E-state index contributed by atoms with van der Waals surface area (Å²) < 4.78 is 22.3. The second kappa shape index (κ2) is 15.7. The van der Waals surface area contributed by atoms with Crippen LogP contribution in [0.2, 0.25) is 0 Å². The van der Waals surface area contributed by atoms with E-state index < -0.39 is 0 Å². The molecule has 0 saturated carbocycles. The molecule has 2 N–H and O–H groups in total. The molecule has 8 nitrogen and oxygen atoms in total. The maximum absolute atomic E-state index is 5.76. The smallest absolute Gasteiger partial charge is 0.213 e. The SMILES string of the molecule is CN=C(NCCCOC1CCOC1)NCc1ccc(OCCOc2ccccc2)nc1.I. The van der Waals surface area contributed by atoms with Gasteiger partial charge in [-0.2, -0.15) is 0 Å². The summed E-state index contributed by atoms with van der Waals surface area (Å²) in [6.45, 7) is 4.58. The Morgan fingerprint density at radius 3 is 2.66 bits per heavy atom. The van der Waals surface area contributed by atoms with Crippen molar-refractivity contribution in [2.75, 3.05) is 46.6 Å². The van der Waals surface area contributed by atoms with Gasteiger partial charge in [-0.15, -0.1) is 24.0 Å². The van der Waals surface area contributed by atoms with Gasteiger partial charge < -0.3 is 29.6 Å². The standard InChI is InChI=1S/C23H32N4O4.HI/c1-24-23(25-11-5-12-29-21-10-13-28-18-21)27-17-19-8-9-22(26-16-19)31-15-14-30-20-6-3-2-4-7-20;/h2-4,6-9,16,21H,5,10-15,17-18H2,1H3,(H2,24,25,27);1H. The number of halogens is 1. The van der Waals surface area contributed by atoms with E-state index in [-0.39, 0.29) is 30.1 Å². The van der Waals surface area contributed by atoms with Crippen molar-refractivity contribution in [3.8, 4) is 11.6 Å². The lowest BCUT2D eigenvalue weighted by Crippen LogP contribution is -2.37. The van der Waals surface area contributed by atoms with E-state index >= 15 is 0 Å². The van der Waals surface area contributed by atoms with E-state index in [4.69, 9.17) is 18.9 Å². The van der Waals surface area contributed by atoms with Crippen LogP contribution >= 0.6 is 24.0 Å². The lowest BCUT2D eigenvalue weighted by atomic mass is 10.3. The lowest BCUT2D eigenvalue weighted by molar-refractivity contribution is 0.0420. The van der Waals surface area contributed by atoms with Gasteiger partial charge in [-0.3, -0.25) is 4.99 Å². The highest BCUT2D eigenvalue weighted by molar-refractivity contribution is 14.0. The minimum absolute atomic E-state index is 0. The quantitative estimate of drug-likeness (QED) is 0.180. The highest BCUT2D eigenvalue weighted by atomic mass is 127. The molecule has 1 aliphatic heterocycles. The van der Waals surface area contributed by atoms with E-state index in [1.54, 1.807) is 13.2 Å². The fourth-order valence-corrected chi connectivity index (χ4v) is 3.00. The lowest BCUT2D eigenvalue weighted by Gasteiger charge is -2.13. The van der Waals surface area contributed by atoms with Crippen LogP contribution in [-0.2, 0) is 16.0 Å². The summed E-state index contributed by atoms with van der Waals surface area (Å²) in [5, 5.41) is 6.58. The number of hydrogen-bond acceptors (Lipinski definition) is 6. The van der Waals surface area contributed by atoms with Crippen LogP contribution in [-0.4, -0.2) is 63.7 Å². The molecule has 0 amide bonds. The second-order valence-electron chi connectivity index (χ2n) is 7.08. The number of ether oxygens (including phenoxy) is 4. The van der Waals surface area contributed by atoms with Crippen LogP contribution in [0, 0.1) is 0 Å². The Hall–Kier alpha value is -2.11. The number of rotatable bonds is 12. The van der Waals surface area contributed by atoms with Gasteiger partial charge in [0.25, 0.3) is 0 Å². The molecular formula is C23H33IN4O4. The molecule has 1 unspecified atom stereocenters. The molecule has 0 aliphatic carbocycles. The van der Waals surface area contributed by atoms with Gasteiger partial charge in [0, 0.05) is 45.6 Å². The fourth-order valence-electron chi connectivity index (χ4n) is 3.00. The zero-order valence-corrected chi connectivity index (χ0v) is 20.8. The van der Waals surface area contributed by atoms with Crippen molar-refractivity contribution in [1.82, 2.24) is 15.6 Å². The van der Waals surface area contributed by atoms with Crippen molar-refractivity contribution in [3.63, 3.8) is 0 Å². The van der Waals surface area contributed by atoms with E-state index in [1.165, 1.54) is 0 Å². The molecule has 9 heteroatoms. The molecule has 32 heavy (non-hydrogen) atoms. The first-order valence-corrected chi connectivity index (χ1v) is 10.7. The van der Waals surface area contributed by atoms with Crippen LogP contribution in [0.5, 0.6) is 11.6 Å². The van der Waals surface area contributed by atoms with Crippen LogP contribution in [0.3, 0.4) is 0 Å². The molecule has 0 spiro atoms. The molecule has 0 radical (unpaired) electrons. The highest BCUT2D eigenvalue weighted by Gasteiger charge is 2.15. The summed E-state index contributed by atoms with van der Waals surface area (Å²) in [6.07, 6.45) is 3.97. The monoisotopic (exact) mass is 556 g/mol. The number of benzene rings is 1. The third kappa shape index (κ3) is 10.0. The van der Waals surface area contributed by atoms with E-state index in [1.807, 2.05) is 42.5 Å². The first-order chi connectivity index (χ1) is 15.3. The topological polar surface area (TPSA) is 86.2 Å². The van der Waals surface area contributed by atoms with E-state index in [2.05, 4.69) is 20.6 Å². The van der Waals surface area contributed by atoms with Crippen molar-refractivity contribution in [1.29, 1.82) is 0 Å². The first-order valence-electron chi connectivity index (χ1n) is 10.7. The molecule has 2 heterocycles. The van der Waals surface area contributed by atoms with Gasteiger partial charge in [-0.25, -0.2) is 4.98 Å². The van der Waals surface area contributed by atoms with Gasteiger partial charge in [0.2, 0.25) is 5.88 Å². The van der Waals surface area contributed by atoms with E-state index in [0.717, 1.165) is 56.5 Å². The Bertz CT molecular complexity index is 771. The molecule has 1 aromatic heterocycles. The van der Waals surface area contributed by atoms with Crippen LogP contribution in [0.25, 0.3) is 0 Å². The Labute approximate surface area is 207 Å². The van der Waals surface area contributed by atoms with Gasteiger partial charge in [-0.1, -0.05) is 24.3 Å².